The van der Waals surface area contributed by atoms with Gasteiger partial charge >= 0.3 is 5.97 Å². The molecule has 0 fully saturated rings. The van der Waals surface area contributed by atoms with Crippen LogP contribution in [-0.2, 0) is 9.53 Å². The van der Waals surface area contributed by atoms with Crippen LogP contribution in [0.1, 0.15) is 5.56 Å². The van der Waals surface area contributed by atoms with E-state index in [-0.39, 0.29) is 5.57 Å². The monoisotopic (exact) mass is 258 g/mol. The van der Waals surface area contributed by atoms with Crippen LogP contribution in [0.2, 0.25) is 0 Å². The van der Waals surface area contributed by atoms with Gasteiger partial charge in [-0.15, -0.1) is 0 Å². The fourth-order valence-corrected chi connectivity index (χ4v) is 1.45. The normalized spacial score (nSPS) is 9.64. The number of benzene rings is 1. The number of rotatable bonds is 2. The molecule has 4 heteroatoms. The molecule has 0 saturated heterocycles. The van der Waals surface area contributed by atoms with Crippen LogP contribution in [0, 0.1) is 5.82 Å². The SMILES string of the molecule is C=C(C(=O)OC)c1cc(F)ccc1Br. The van der Waals surface area contributed by atoms with Gasteiger partial charge in [0, 0.05) is 10.0 Å². The van der Waals surface area contributed by atoms with Gasteiger partial charge in [-0.05, 0) is 18.2 Å². The van der Waals surface area contributed by atoms with Crippen LogP contribution in [0.4, 0.5) is 4.39 Å². The molecule has 0 saturated carbocycles. The Hall–Kier alpha value is -1.16. The van der Waals surface area contributed by atoms with E-state index in [1.807, 2.05) is 0 Å². The summed E-state index contributed by atoms with van der Waals surface area (Å²) in [6, 6.07) is 4.03. The van der Waals surface area contributed by atoms with Crippen LogP contribution in [0.5, 0.6) is 0 Å². The molecule has 0 bridgehead atoms. The van der Waals surface area contributed by atoms with E-state index in [0.717, 1.165) is 0 Å². The van der Waals surface area contributed by atoms with Crippen LogP contribution in [0.15, 0.2) is 29.3 Å². The van der Waals surface area contributed by atoms with Gasteiger partial charge in [0.2, 0.25) is 0 Å². The number of halogens is 2. The lowest BCUT2D eigenvalue weighted by atomic mass is 10.1. The lowest BCUT2D eigenvalue weighted by Crippen LogP contribution is -2.03. The number of hydrogen-bond acceptors (Lipinski definition) is 2. The molecule has 0 aromatic heterocycles. The highest BCUT2D eigenvalue weighted by Gasteiger charge is 2.13. The second kappa shape index (κ2) is 4.37. The Morgan fingerprint density at radius 1 is 1.57 bits per heavy atom. The van der Waals surface area contributed by atoms with Gasteiger partial charge in [0.25, 0.3) is 0 Å². The van der Waals surface area contributed by atoms with E-state index in [2.05, 4.69) is 27.2 Å². The standard InChI is InChI=1S/C10H8BrFO2/c1-6(10(13)14-2)8-5-7(12)3-4-9(8)11/h3-5H,1H2,2H3. The number of methoxy groups -OCH3 is 1. The molecule has 0 amide bonds. The first kappa shape index (κ1) is 10.9. The second-order valence-corrected chi connectivity index (χ2v) is 3.45. The zero-order valence-corrected chi connectivity index (χ0v) is 9.10. The topological polar surface area (TPSA) is 26.3 Å². The van der Waals surface area contributed by atoms with E-state index in [4.69, 9.17) is 0 Å². The average Bonchev–Trinajstić information content (AvgIpc) is 2.19. The van der Waals surface area contributed by atoms with Crippen molar-refractivity contribution in [3.05, 3.63) is 40.6 Å². The predicted octanol–water partition coefficient (Wildman–Crippen LogP) is 2.77. The Bertz CT molecular complexity index is 388. The third-order valence-corrected chi connectivity index (χ3v) is 2.38. The van der Waals surface area contributed by atoms with Crippen LogP contribution in [-0.4, -0.2) is 13.1 Å². The lowest BCUT2D eigenvalue weighted by molar-refractivity contribution is -0.133. The highest BCUT2D eigenvalue weighted by Crippen LogP contribution is 2.24. The fourth-order valence-electron chi connectivity index (χ4n) is 0.962. The molecule has 0 unspecified atom stereocenters. The summed E-state index contributed by atoms with van der Waals surface area (Å²) in [7, 11) is 1.25. The second-order valence-electron chi connectivity index (χ2n) is 2.59. The van der Waals surface area contributed by atoms with Gasteiger partial charge in [-0.1, -0.05) is 22.5 Å². The molecule has 0 N–H and O–H groups in total. The van der Waals surface area contributed by atoms with Crippen molar-refractivity contribution >= 4 is 27.5 Å². The van der Waals surface area contributed by atoms with Gasteiger partial charge in [-0.3, -0.25) is 0 Å². The molecule has 0 aliphatic rings. The van der Waals surface area contributed by atoms with Gasteiger partial charge < -0.3 is 4.74 Å². The maximum absolute atomic E-state index is 12.9. The molecule has 0 aliphatic carbocycles. The molecule has 1 aromatic carbocycles. The molecule has 2 nitrogen and oxygen atoms in total. The van der Waals surface area contributed by atoms with Gasteiger partial charge in [0.15, 0.2) is 0 Å². The summed E-state index contributed by atoms with van der Waals surface area (Å²) in [6.07, 6.45) is 0. The minimum absolute atomic E-state index is 0.124. The summed E-state index contributed by atoms with van der Waals surface area (Å²) in [5.74, 6) is -0.996. The third kappa shape index (κ3) is 2.20. The molecule has 74 valence electrons. The maximum Gasteiger partial charge on any atom is 0.337 e. The van der Waals surface area contributed by atoms with Crippen molar-refractivity contribution in [2.24, 2.45) is 0 Å². The average molecular weight is 259 g/mol. The third-order valence-electron chi connectivity index (χ3n) is 1.69. The molecule has 1 aromatic rings. The van der Waals surface area contributed by atoms with Crippen molar-refractivity contribution in [2.45, 2.75) is 0 Å². The minimum Gasteiger partial charge on any atom is -0.465 e. The molecule has 0 atom stereocenters. The Morgan fingerprint density at radius 2 is 2.21 bits per heavy atom. The van der Waals surface area contributed by atoms with E-state index in [9.17, 15) is 9.18 Å². The van der Waals surface area contributed by atoms with E-state index >= 15 is 0 Å². The van der Waals surface area contributed by atoms with Gasteiger partial charge in [0.05, 0.1) is 12.7 Å². The number of carbonyl (C=O) groups excluding carboxylic acids is 1. The molecular formula is C10H8BrFO2. The van der Waals surface area contributed by atoms with Crippen LogP contribution < -0.4 is 0 Å². The first-order valence-corrected chi connectivity index (χ1v) is 4.58. The molecule has 0 aliphatic heterocycles. The summed E-state index contributed by atoms with van der Waals surface area (Å²) in [5, 5.41) is 0. The molecular weight excluding hydrogens is 251 g/mol. The number of carbonyl (C=O) groups is 1. The Labute approximate surface area is 89.5 Å². The molecule has 14 heavy (non-hydrogen) atoms. The molecule has 1 rings (SSSR count). The van der Waals surface area contributed by atoms with Crippen molar-refractivity contribution in [3.63, 3.8) is 0 Å². The van der Waals surface area contributed by atoms with E-state index in [0.29, 0.717) is 10.0 Å². The summed E-state index contributed by atoms with van der Waals surface area (Å²) < 4.78 is 17.9. The van der Waals surface area contributed by atoms with Gasteiger partial charge in [-0.2, -0.15) is 0 Å². The van der Waals surface area contributed by atoms with Crippen molar-refractivity contribution in [3.8, 4) is 0 Å². The van der Waals surface area contributed by atoms with Crippen LogP contribution in [0.25, 0.3) is 5.57 Å². The highest BCUT2D eigenvalue weighted by atomic mass is 79.9. The fraction of sp³-hybridized carbons (Fsp3) is 0.100. The largest absolute Gasteiger partial charge is 0.465 e. The Balaban J connectivity index is 3.12. The van der Waals surface area contributed by atoms with Crippen LogP contribution in [0.3, 0.4) is 0 Å². The van der Waals surface area contributed by atoms with Crippen molar-refractivity contribution in [1.29, 1.82) is 0 Å². The Kier molecular flexibility index (Phi) is 3.41. The lowest BCUT2D eigenvalue weighted by Gasteiger charge is -2.05. The van der Waals surface area contributed by atoms with E-state index < -0.39 is 11.8 Å². The van der Waals surface area contributed by atoms with E-state index in [1.165, 1.54) is 25.3 Å². The van der Waals surface area contributed by atoms with Crippen molar-refractivity contribution < 1.29 is 13.9 Å². The maximum atomic E-state index is 12.9. The highest BCUT2D eigenvalue weighted by molar-refractivity contribution is 9.10. The summed E-state index contributed by atoms with van der Waals surface area (Å²) in [6.45, 7) is 3.53. The number of ether oxygens (including phenoxy) is 1. The summed E-state index contributed by atoms with van der Waals surface area (Å²) in [4.78, 5) is 11.1. The number of hydrogen-bond donors (Lipinski definition) is 0. The first-order chi connectivity index (χ1) is 6.56. The van der Waals surface area contributed by atoms with Gasteiger partial charge in [0.1, 0.15) is 5.82 Å². The van der Waals surface area contributed by atoms with E-state index in [1.54, 1.807) is 0 Å². The minimum atomic E-state index is -0.573. The zero-order chi connectivity index (χ0) is 10.7. The summed E-state index contributed by atoms with van der Waals surface area (Å²) in [5.41, 5.74) is 0.524. The molecule has 0 radical (unpaired) electrons. The summed E-state index contributed by atoms with van der Waals surface area (Å²) >= 11 is 3.19. The van der Waals surface area contributed by atoms with Crippen molar-refractivity contribution in [2.75, 3.05) is 7.11 Å². The zero-order valence-electron chi connectivity index (χ0n) is 7.51. The van der Waals surface area contributed by atoms with Gasteiger partial charge in [-0.25, -0.2) is 9.18 Å². The molecule has 0 spiro atoms. The first-order valence-electron chi connectivity index (χ1n) is 3.79. The predicted molar refractivity (Wildman–Crippen MR) is 55.2 cm³/mol. The van der Waals surface area contributed by atoms with Crippen molar-refractivity contribution in [1.82, 2.24) is 0 Å². The smallest absolute Gasteiger partial charge is 0.337 e. The van der Waals surface area contributed by atoms with Crippen LogP contribution >= 0.6 is 15.9 Å². The Morgan fingerprint density at radius 3 is 2.79 bits per heavy atom. The quantitative estimate of drug-likeness (QED) is 0.603. The number of esters is 1. The molecule has 0 heterocycles.